The zero-order chi connectivity index (χ0) is 15.2. The minimum Gasteiger partial charge on any atom is -0.382 e. The van der Waals surface area contributed by atoms with Crippen LogP contribution in [-0.2, 0) is 15.9 Å². The van der Waals surface area contributed by atoms with Crippen molar-refractivity contribution in [2.45, 2.75) is 38.5 Å². The van der Waals surface area contributed by atoms with E-state index in [1.165, 1.54) is 29.7 Å². The molecule has 0 amide bonds. The fourth-order valence-electron chi connectivity index (χ4n) is 2.85. The summed E-state index contributed by atoms with van der Waals surface area (Å²) >= 11 is 0. The Labute approximate surface area is 128 Å². The summed E-state index contributed by atoms with van der Waals surface area (Å²) in [6, 6.07) is 7.13. The van der Waals surface area contributed by atoms with E-state index in [1.807, 2.05) is 0 Å². The number of nitrogens with zero attached hydrogens (tertiary/aromatic N) is 1. The van der Waals surface area contributed by atoms with Gasteiger partial charge in [0.2, 0.25) is 0 Å². The van der Waals surface area contributed by atoms with Gasteiger partial charge in [-0.3, -0.25) is 0 Å². The smallest absolute Gasteiger partial charge is 0.160 e. The molecular weight excluding hydrogens is 264 g/mol. The summed E-state index contributed by atoms with van der Waals surface area (Å²) in [6.45, 7) is 4.45. The molecule has 1 aromatic rings. The van der Waals surface area contributed by atoms with E-state index >= 15 is 0 Å². The van der Waals surface area contributed by atoms with Gasteiger partial charge in [0.25, 0.3) is 0 Å². The molecule has 0 bridgehead atoms. The largest absolute Gasteiger partial charge is 0.382 e. The van der Waals surface area contributed by atoms with Gasteiger partial charge in [0.05, 0.1) is 0 Å². The fraction of sp³-hybridized carbons (Fsp3) is 0.647. The zero-order valence-corrected chi connectivity index (χ0v) is 13.7. The van der Waals surface area contributed by atoms with E-state index in [-0.39, 0.29) is 6.29 Å². The molecule has 1 fully saturated rings. The van der Waals surface area contributed by atoms with Crippen LogP contribution in [0.5, 0.6) is 0 Å². The Bertz CT molecular complexity index is 438. The molecule has 1 aliphatic heterocycles. The van der Waals surface area contributed by atoms with Crippen LogP contribution >= 0.6 is 0 Å². The van der Waals surface area contributed by atoms with Crippen molar-refractivity contribution in [3.05, 3.63) is 29.3 Å². The number of likely N-dealkylation sites (tertiary alicyclic amines) is 1. The first-order chi connectivity index (χ1) is 10.1. The van der Waals surface area contributed by atoms with Crippen LogP contribution in [0.1, 0.15) is 24.0 Å². The number of hydrogen-bond acceptors (Lipinski definition) is 4. The number of ether oxygens (including phenoxy) is 2. The van der Waals surface area contributed by atoms with Gasteiger partial charge < -0.3 is 19.7 Å². The Kier molecular flexibility index (Phi) is 6.03. The summed E-state index contributed by atoms with van der Waals surface area (Å²) in [7, 11) is 5.57. The lowest BCUT2D eigenvalue weighted by Gasteiger charge is -2.31. The molecule has 1 heterocycles. The van der Waals surface area contributed by atoms with Crippen molar-refractivity contribution in [3.8, 4) is 0 Å². The van der Waals surface area contributed by atoms with Crippen LogP contribution in [0.2, 0.25) is 0 Å². The molecule has 2 rings (SSSR count). The molecule has 0 atom stereocenters. The molecule has 1 N–H and O–H groups in total. The van der Waals surface area contributed by atoms with Crippen LogP contribution in [0, 0.1) is 6.92 Å². The van der Waals surface area contributed by atoms with Crippen molar-refractivity contribution in [3.63, 3.8) is 0 Å². The van der Waals surface area contributed by atoms with Crippen molar-refractivity contribution in [1.29, 1.82) is 0 Å². The average molecular weight is 292 g/mol. The second-order valence-electron chi connectivity index (χ2n) is 5.99. The molecular formula is C17H28N2O2. The first-order valence-corrected chi connectivity index (χ1v) is 7.72. The number of anilines is 1. The molecule has 0 aliphatic carbocycles. The number of piperidine rings is 1. The predicted molar refractivity (Wildman–Crippen MR) is 86.8 cm³/mol. The Balaban J connectivity index is 2.07. The van der Waals surface area contributed by atoms with E-state index in [1.54, 1.807) is 14.2 Å². The molecule has 0 aromatic heterocycles. The number of nitrogens with one attached hydrogen (secondary N) is 1. The van der Waals surface area contributed by atoms with Gasteiger partial charge in [-0.05, 0) is 51.5 Å². The Morgan fingerprint density at radius 1 is 1.24 bits per heavy atom. The number of hydrogen-bond donors (Lipinski definition) is 1. The second kappa shape index (κ2) is 7.78. The molecule has 1 aromatic carbocycles. The molecule has 118 valence electrons. The standard InChI is InChI=1S/C17H28N2O2/c1-13-5-6-16(14(11-13)12-17(20-3)21-4)18-15-7-9-19(2)10-8-15/h5-6,11,15,17-18H,7-10,12H2,1-4H3. The van der Waals surface area contributed by atoms with Crippen LogP contribution in [0.25, 0.3) is 0 Å². The molecule has 1 saturated heterocycles. The zero-order valence-electron chi connectivity index (χ0n) is 13.7. The number of benzene rings is 1. The molecule has 1 aliphatic rings. The van der Waals surface area contributed by atoms with Gasteiger partial charge in [-0.25, -0.2) is 0 Å². The first-order valence-electron chi connectivity index (χ1n) is 7.72. The summed E-state index contributed by atoms with van der Waals surface area (Å²) in [5.74, 6) is 0. The van der Waals surface area contributed by atoms with Gasteiger partial charge in [-0.1, -0.05) is 17.7 Å². The predicted octanol–water partition coefficient (Wildman–Crippen LogP) is 2.66. The third kappa shape index (κ3) is 4.70. The van der Waals surface area contributed by atoms with Gasteiger partial charge in [0, 0.05) is 32.4 Å². The molecule has 0 saturated carbocycles. The molecule has 0 spiro atoms. The van der Waals surface area contributed by atoms with Crippen molar-refractivity contribution < 1.29 is 9.47 Å². The third-order valence-corrected chi connectivity index (χ3v) is 4.25. The number of methoxy groups -OCH3 is 2. The first kappa shape index (κ1) is 16.3. The minimum absolute atomic E-state index is 0.190. The van der Waals surface area contributed by atoms with E-state index in [2.05, 4.69) is 42.4 Å². The monoisotopic (exact) mass is 292 g/mol. The minimum atomic E-state index is -0.190. The Hall–Kier alpha value is -1.10. The summed E-state index contributed by atoms with van der Waals surface area (Å²) in [4.78, 5) is 2.39. The van der Waals surface area contributed by atoms with Crippen molar-refractivity contribution in [2.75, 3.05) is 39.7 Å². The highest BCUT2D eigenvalue weighted by Gasteiger charge is 2.18. The summed E-state index contributed by atoms with van der Waals surface area (Å²) in [5, 5.41) is 3.71. The van der Waals surface area contributed by atoms with Crippen LogP contribution in [0.4, 0.5) is 5.69 Å². The van der Waals surface area contributed by atoms with Crippen LogP contribution in [0.15, 0.2) is 18.2 Å². The number of aryl methyl sites for hydroxylation is 1. The van der Waals surface area contributed by atoms with Gasteiger partial charge in [0.15, 0.2) is 6.29 Å². The lowest BCUT2D eigenvalue weighted by atomic mass is 10.0. The summed E-state index contributed by atoms with van der Waals surface area (Å²) in [5.41, 5.74) is 3.75. The van der Waals surface area contributed by atoms with Gasteiger partial charge in [-0.2, -0.15) is 0 Å². The molecule has 0 radical (unpaired) electrons. The van der Waals surface area contributed by atoms with Crippen LogP contribution in [0.3, 0.4) is 0 Å². The maximum Gasteiger partial charge on any atom is 0.160 e. The third-order valence-electron chi connectivity index (χ3n) is 4.25. The average Bonchev–Trinajstić information content (AvgIpc) is 2.49. The van der Waals surface area contributed by atoms with Crippen molar-refractivity contribution in [1.82, 2.24) is 4.90 Å². The highest BCUT2D eigenvalue weighted by atomic mass is 16.7. The van der Waals surface area contributed by atoms with E-state index in [0.29, 0.717) is 6.04 Å². The fourth-order valence-corrected chi connectivity index (χ4v) is 2.85. The van der Waals surface area contributed by atoms with Gasteiger partial charge >= 0.3 is 0 Å². The van der Waals surface area contributed by atoms with E-state index in [0.717, 1.165) is 19.5 Å². The lowest BCUT2D eigenvalue weighted by molar-refractivity contribution is -0.100. The molecule has 4 nitrogen and oxygen atoms in total. The summed E-state index contributed by atoms with van der Waals surface area (Å²) in [6.07, 6.45) is 2.97. The molecule has 21 heavy (non-hydrogen) atoms. The quantitative estimate of drug-likeness (QED) is 0.817. The lowest BCUT2D eigenvalue weighted by Crippen LogP contribution is -2.37. The highest BCUT2D eigenvalue weighted by molar-refractivity contribution is 5.53. The molecule has 0 unspecified atom stereocenters. The normalized spacial score (nSPS) is 17.4. The summed E-state index contributed by atoms with van der Waals surface area (Å²) < 4.78 is 10.7. The SMILES string of the molecule is COC(Cc1cc(C)ccc1NC1CCN(C)CC1)OC. The Morgan fingerprint density at radius 3 is 2.52 bits per heavy atom. The Morgan fingerprint density at radius 2 is 1.90 bits per heavy atom. The van der Waals surface area contributed by atoms with E-state index in [9.17, 15) is 0 Å². The topological polar surface area (TPSA) is 33.7 Å². The maximum absolute atomic E-state index is 5.35. The van der Waals surface area contributed by atoms with Gasteiger partial charge in [0.1, 0.15) is 0 Å². The van der Waals surface area contributed by atoms with Crippen molar-refractivity contribution >= 4 is 5.69 Å². The number of rotatable bonds is 6. The van der Waals surface area contributed by atoms with Crippen LogP contribution < -0.4 is 5.32 Å². The van der Waals surface area contributed by atoms with Gasteiger partial charge in [-0.15, -0.1) is 0 Å². The van der Waals surface area contributed by atoms with Crippen molar-refractivity contribution in [2.24, 2.45) is 0 Å². The van der Waals surface area contributed by atoms with E-state index < -0.39 is 0 Å². The van der Waals surface area contributed by atoms with E-state index in [4.69, 9.17) is 9.47 Å². The highest BCUT2D eigenvalue weighted by Crippen LogP contribution is 2.23. The van der Waals surface area contributed by atoms with Crippen LogP contribution in [-0.4, -0.2) is 51.6 Å². The maximum atomic E-state index is 5.35. The molecule has 4 heteroatoms. The second-order valence-corrected chi connectivity index (χ2v) is 5.99.